The summed E-state index contributed by atoms with van der Waals surface area (Å²) in [5, 5.41) is 11.7. The van der Waals surface area contributed by atoms with Crippen molar-refractivity contribution < 1.29 is 14.1 Å². The van der Waals surface area contributed by atoms with Gasteiger partial charge in [0.15, 0.2) is 5.82 Å². The van der Waals surface area contributed by atoms with Gasteiger partial charge in [0.05, 0.1) is 25.0 Å². The summed E-state index contributed by atoms with van der Waals surface area (Å²) < 4.78 is 10.8. The lowest BCUT2D eigenvalue weighted by Gasteiger charge is -2.21. The van der Waals surface area contributed by atoms with E-state index in [0.29, 0.717) is 24.6 Å². The van der Waals surface area contributed by atoms with Crippen molar-refractivity contribution in [3.63, 3.8) is 0 Å². The van der Waals surface area contributed by atoms with E-state index in [-0.39, 0.29) is 11.9 Å². The number of H-pyrrole nitrogens is 1. The van der Waals surface area contributed by atoms with Gasteiger partial charge in [-0.25, -0.2) is 0 Å². The molecule has 2 saturated heterocycles. The molecule has 2 fully saturated rings. The fourth-order valence-electron chi connectivity index (χ4n) is 4.81. The predicted octanol–water partition coefficient (Wildman–Crippen LogP) is 3.36. The van der Waals surface area contributed by atoms with E-state index >= 15 is 0 Å². The number of carbonyl (C=O) groups excluding carboxylic acids is 1. The molecule has 0 bridgehead atoms. The quantitative estimate of drug-likeness (QED) is 0.562. The molecule has 9 nitrogen and oxygen atoms in total. The Balaban J connectivity index is 1.23. The molecule has 2 aliphatic rings. The Morgan fingerprint density at radius 2 is 2.00 bits per heavy atom. The van der Waals surface area contributed by atoms with Crippen LogP contribution in [-0.2, 0) is 17.8 Å². The molecule has 0 saturated carbocycles. The predicted molar refractivity (Wildman–Crippen MR) is 121 cm³/mol. The minimum atomic E-state index is 0.107. The number of amides is 1. The lowest BCUT2D eigenvalue weighted by Crippen LogP contribution is -2.27. The van der Waals surface area contributed by atoms with Crippen LogP contribution in [0.25, 0.3) is 11.3 Å². The van der Waals surface area contributed by atoms with Crippen molar-refractivity contribution in [1.82, 2.24) is 30.1 Å². The molecule has 0 radical (unpaired) electrons. The number of ether oxygens (including phenoxy) is 1. The van der Waals surface area contributed by atoms with Gasteiger partial charge in [-0.05, 0) is 56.5 Å². The molecule has 174 valence electrons. The normalized spacial score (nSPS) is 18.8. The molecule has 0 aliphatic carbocycles. The number of carbonyl (C=O) groups is 1. The fourth-order valence-corrected chi connectivity index (χ4v) is 4.81. The van der Waals surface area contributed by atoms with Crippen molar-refractivity contribution in [3.8, 4) is 17.0 Å². The first kappa shape index (κ1) is 21.6. The van der Waals surface area contributed by atoms with Crippen LogP contribution < -0.4 is 4.74 Å². The minimum Gasteiger partial charge on any atom is -0.497 e. The molecule has 1 atom stereocenters. The molecular formula is C24H30N6O3. The zero-order valence-corrected chi connectivity index (χ0v) is 19.0. The van der Waals surface area contributed by atoms with Crippen LogP contribution in [0.3, 0.4) is 0 Å². The summed E-state index contributed by atoms with van der Waals surface area (Å²) in [6.45, 7) is 3.46. The molecule has 2 aromatic heterocycles. The zero-order valence-electron chi connectivity index (χ0n) is 19.0. The average molecular weight is 451 g/mol. The van der Waals surface area contributed by atoms with E-state index in [4.69, 9.17) is 9.26 Å². The first-order valence-electron chi connectivity index (χ1n) is 11.7. The number of aromatic nitrogens is 4. The molecule has 1 amide bonds. The van der Waals surface area contributed by atoms with Gasteiger partial charge < -0.3 is 14.2 Å². The minimum absolute atomic E-state index is 0.107. The van der Waals surface area contributed by atoms with E-state index in [2.05, 4.69) is 25.2 Å². The third-order valence-electron chi connectivity index (χ3n) is 6.63. The van der Waals surface area contributed by atoms with Crippen molar-refractivity contribution >= 4 is 5.91 Å². The van der Waals surface area contributed by atoms with Gasteiger partial charge in [0.1, 0.15) is 5.75 Å². The zero-order chi connectivity index (χ0) is 22.6. The van der Waals surface area contributed by atoms with Crippen molar-refractivity contribution in [2.75, 3.05) is 26.7 Å². The van der Waals surface area contributed by atoms with Gasteiger partial charge in [0.25, 0.3) is 0 Å². The lowest BCUT2D eigenvalue weighted by molar-refractivity contribution is -0.130. The topological polar surface area (TPSA) is 100 Å². The molecule has 33 heavy (non-hydrogen) atoms. The molecule has 0 spiro atoms. The van der Waals surface area contributed by atoms with Gasteiger partial charge in [-0.2, -0.15) is 10.1 Å². The first-order valence-corrected chi connectivity index (χ1v) is 11.7. The molecule has 1 aromatic carbocycles. The highest BCUT2D eigenvalue weighted by Gasteiger charge is 2.31. The lowest BCUT2D eigenvalue weighted by atomic mass is 10.1. The van der Waals surface area contributed by atoms with Crippen LogP contribution in [0.4, 0.5) is 0 Å². The summed E-state index contributed by atoms with van der Waals surface area (Å²) in [7, 11) is 1.67. The van der Waals surface area contributed by atoms with Crippen LogP contribution in [0.1, 0.15) is 55.4 Å². The molecule has 1 unspecified atom stereocenters. The van der Waals surface area contributed by atoms with Gasteiger partial charge in [0, 0.05) is 43.6 Å². The van der Waals surface area contributed by atoms with E-state index in [1.807, 2.05) is 35.4 Å². The summed E-state index contributed by atoms with van der Waals surface area (Å²) in [4.78, 5) is 21.3. The van der Waals surface area contributed by atoms with Gasteiger partial charge in [0.2, 0.25) is 11.8 Å². The maximum absolute atomic E-state index is 12.3. The Bertz CT molecular complexity index is 1070. The first-order chi connectivity index (χ1) is 16.2. The van der Waals surface area contributed by atoms with Gasteiger partial charge in [-0.3, -0.25) is 14.8 Å². The van der Waals surface area contributed by atoms with Gasteiger partial charge in [-0.1, -0.05) is 5.16 Å². The van der Waals surface area contributed by atoms with Crippen LogP contribution in [0.15, 0.2) is 35.0 Å². The molecule has 9 heteroatoms. The van der Waals surface area contributed by atoms with Crippen molar-refractivity contribution in [3.05, 3.63) is 47.7 Å². The maximum Gasteiger partial charge on any atom is 0.227 e. The summed E-state index contributed by atoms with van der Waals surface area (Å²) >= 11 is 0. The van der Waals surface area contributed by atoms with Crippen molar-refractivity contribution in [2.45, 2.75) is 51.1 Å². The second-order valence-electron chi connectivity index (χ2n) is 8.76. The summed E-state index contributed by atoms with van der Waals surface area (Å²) in [5.41, 5.74) is 3.22. The number of hydrogen-bond acceptors (Lipinski definition) is 7. The molecule has 3 aromatic rings. The number of nitrogens with one attached hydrogen (secondary N) is 1. The van der Waals surface area contributed by atoms with Crippen LogP contribution in [-0.4, -0.2) is 62.8 Å². The number of likely N-dealkylation sites (tertiary alicyclic amines) is 2. The number of rotatable bonds is 8. The standard InChI is InChI=1S/C24H30N6O3/c1-32-19-8-6-17(7-9-19)23-18(15-25-27-23)16-30-14-4-5-20(30)24-26-21(33-28-24)10-11-22(31)29-12-2-3-13-29/h6-9,15,20H,2-5,10-14,16H2,1H3,(H,25,27). The molecular weight excluding hydrogens is 420 g/mol. The summed E-state index contributed by atoms with van der Waals surface area (Å²) in [6, 6.07) is 8.08. The highest BCUT2D eigenvalue weighted by atomic mass is 16.5. The number of aryl methyl sites for hydroxylation is 1. The fraction of sp³-hybridized carbons (Fsp3) is 0.500. The van der Waals surface area contributed by atoms with E-state index in [1.165, 1.54) is 0 Å². The molecule has 4 heterocycles. The van der Waals surface area contributed by atoms with E-state index in [0.717, 1.165) is 74.4 Å². The number of nitrogens with zero attached hydrogens (tertiary/aromatic N) is 5. The average Bonchev–Trinajstić information content (AvgIpc) is 3.65. The van der Waals surface area contributed by atoms with Gasteiger partial charge in [-0.15, -0.1) is 0 Å². The Morgan fingerprint density at radius 3 is 2.79 bits per heavy atom. The van der Waals surface area contributed by atoms with Crippen molar-refractivity contribution in [2.24, 2.45) is 0 Å². The SMILES string of the molecule is COc1ccc(-c2[nH]ncc2CN2CCCC2c2noc(CCC(=O)N3CCCC3)n2)cc1. The Kier molecular flexibility index (Phi) is 6.39. The third-order valence-corrected chi connectivity index (χ3v) is 6.63. The highest BCUT2D eigenvalue weighted by Crippen LogP contribution is 2.33. The smallest absolute Gasteiger partial charge is 0.227 e. The number of methoxy groups -OCH3 is 1. The van der Waals surface area contributed by atoms with E-state index in [1.54, 1.807) is 7.11 Å². The monoisotopic (exact) mass is 450 g/mol. The number of benzene rings is 1. The highest BCUT2D eigenvalue weighted by molar-refractivity contribution is 5.76. The molecule has 2 aliphatic heterocycles. The Morgan fingerprint density at radius 1 is 1.18 bits per heavy atom. The third kappa shape index (κ3) is 4.78. The second-order valence-corrected chi connectivity index (χ2v) is 8.76. The summed E-state index contributed by atoms with van der Waals surface area (Å²) in [6.07, 6.45) is 7.09. The van der Waals surface area contributed by atoms with E-state index < -0.39 is 0 Å². The Hall–Kier alpha value is -3.20. The number of hydrogen-bond donors (Lipinski definition) is 1. The van der Waals surface area contributed by atoms with Crippen molar-refractivity contribution in [1.29, 1.82) is 0 Å². The molecule has 5 rings (SSSR count). The number of aromatic amines is 1. The Labute approximate surface area is 193 Å². The molecule has 1 N–H and O–H groups in total. The van der Waals surface area contributed by atoms with Crippen LogP contribution in [0, 0.1) is 0 Å². The van der Waals surface area contributed by atoms with Crippen LogP contribution in [0.5, 0.6) is 5.75 Å². The second kappa shape index (κ2) is 9.74. The van der Waals surface area contributed by atoms with Crippen LogP contribution >= 0.6 is 0 Å². The van der Waals surface area contributed by atoms with Crippen LogP contribution in [0.2, 0.25) is 0 Å². The maximum atomic E-state index is 12.3. The van der Waals surface area contributed by atoms with E-state index in [9.17, 15) is 4.79 Å². The summed E-state index contributed by atoms with van der Waals surface area (Å²) in [5.74, 6) is 2.27. The van der Waals surface area contributed by atoms with Gasteiger partial charge >= 0.3 is 0 Å². The largest absolute Gasteiger partial charge is 0.497 e.